The Labute approximate surface area is 170 Å². The van der Waals surface area contributed by atoms with E-state index < -0.39 is 0 Å². The fourth-order valence-corrected chi connectivity index (χ4v) is 3.39. The van der Waals surface area contributed by atoms with E-state index >= 15 is 0 Å². The first-order chi connectivity index (χ1) is 13.7. The highest BCUT2D eigenvalue weighted by molar-refractivity contribution is 5.22. The second-order valence-electron chi connectivity index (χ2n) is 7.43. The van der Waals surface area contributed by atoms with E-state index in [1.807, 2.05) is 0 Å². The Balaban J connectivity index is 1.59. The highest BCUT2D eigenvalue weighted by Crippen LogP contribution is 2.14. The molecular weight excluding hydrogens is 353 g/mol. The summed E-state index contributed by atoms with van der Waals surface area (Å²) in [7, 11) is 0. The SMILES string of the molecule is CC/C=C(\C=C/C(C)OCCCOc1ccc(F)cc1)CCCN1CCCC1. The summed E-state index contributed by atoms with van der Waals surface area (Å²) >= 11 is 0. The number of hydrogen-bond donors (Lipinski definition) is 0. The van der Waals surface area contributed by atoms with Gasteiger partial charge >= 0.3 is 0 Å². The monoisotopic (exact) mass is 389 g/mol. The molecule has 3 nitrogen and oxygen atoms in total. The Morgan fingerprint density at radius 2 is 1.89 bits per heavy atom. The van der Waals surface area contributed by atoms with Crippen molar-refractivity contribution in [2.24, 2.45) is 0 Å². The molecule has 1 atom stereocenters. The predicted molar refractivity (Wildman–Crippen MR) is 114 cm³/mol. The molecule has 0 amide bonds. The van der Waals surface area contributed by atoms with E-state index in [0.29, 0.717) is 19.0 Å². The first-order valence-corrected chi connectivity index (χ1v) is 10.8. The van der Waals surface area contributed by atoms with Crippen molar-refractivity contribution < 1.29 is 13.9 Å². The van der Waals surface area contributed by atoms with Gasteiger partial charge in [-0.05, 0) is 82.9 Å². The molecule has 1 saturated heterocycles. The number of rotatable bonds is 13. The van der Waals surface area contributed by atoms with Crippen molar-refractivity contribution in [3.05, 3.63) is 53.9 Å². The largest absolute Gasteiger partial charge is 0.494 e. The predicted octanol–water partition coefficient (Wildman–Crippen LogP) is 5.77. The molecule has 1 heterocycles. The lowest BCUT2D eigenvalue weighted by Crippen LogP contribution is -2.20. The lowest BCUT2D eigenvalue weighted by atomic mass is 10.1. The van der Waals surface area contributed by atoms with Crippen LogP contribution in [-0.4, -0.2) is 43.9 Å². The van der Waals surface area contributed by atoms with Crippen LogP contribution in [0.15, 0.2) is 48.1 Å². The Morgan fingerprint density at radius 1 is 1.14 bits per heavy atom. The summed E-state index contributed by atoms with van der Waals surface area (Å²) in [6, 6.07) is 6.11. The zero-order valence-corrected chi connectivity index (χ0v) is 17.5. The molecule has 0 N–H and O–H groups in total. The Bertz CT molecular complexity index is 591. The lowest BCUT2D eigenvalue weighted by Gasteiger charge is -2.14. The van der Waals surface area contributed by atoms with Crippen molar-refractivity contribution >= 4 is 0 Å². The summed E-state index contributed by atoms with van der Waals surface area (Å²) in [5, 5.41) is 0. The van der Waals surface area contributed by atoms with Crippen LogP contribution in [0, 0.1) is 5.82 Å². The van der Waals surface area contributed by atoms with Crippen LogP contribution >= 0.6 is 0 Å². The van der Waals surface area contributed by atoms with Gasteiger partial charge in [0.15, 0.2) is 0 Å². The second kappa shape index (κ2) is 13.5. The summed E-state index contributed by atoms with van der Waals surface area (Å²) in [6.07, 6.45) is 13.8. The Morgan fingerprint density at radius 3 is 2.61 bits per heavy atom. The molecule has 1 unspecified atom stereocenters. The quantitative estimate of drug-likeness (QED) is 0.316. The molecule has 2 rings (SSSR count). The molecule has 1 fully saturated rings. The van der Waals surface area contributed by atoms with Crippen LogP contribution in [-0.2, 0) is 4.74 Å². The average Bonchev–Trinajstić information content (AvgIpc) is 3.21. The zero-order valence-electron chi connectivity index (χ0n) is 17.5. The fraction of sp³-hybridized carbons (Fsp3) is 0.583. The van der Waals surface area contributed by atoms with E-state index in [1.54, 1.807) is 12.1 Å². The smallest absolute Gasteiger partial charge is 0.123 e. The van der Waals surface area contributed by atoms with Crippen molar-refractivity contribution in [1.29, 1.82) is 0 Å². The molecule has 28 heavy (non-hydrogen) atoms. The summed E-state index contributed by atoms with van der Waals surface area (Å²) in [4.78, 5) is 2.58. The van der Waals surface area contributed by atoms with Gasteiger partial charge in [0.05, 0.1) is 19.3 Å². The average molecular weight is 390 g/mol. The van der Waals surface area contributed by atoms with E-state index in [0.717, 1.165) is 19.3 Å². The highest BCUT2D eigenvalue weighted by atomic mass is 19.1. The van der Waals surface area contributed by atoms with Crippen LogP contribution < -0.4 is 4.74 Å². The van der Waals surface area contributed by atoms with Crippen molar-refractivity contribution in [3.8, 4) is 5.75 Å². The van der Waals surface area contributed by atoms with Crippen LogP contribution in [0.25, 0.3) is 0 Å². The molecule has 0 saturated carbocycles. The number of likely N-dealkylation sites (tertiary alicyclic amines) is 1. The first kappa shape index (κ1) is 22.6. The topological polar surface area (TPSA) is 21.7 Å². The number of halogens is 1. The van der Waals surface area contributed by atoms with Gasteiger partial charge in [0.1, 0.15) is 11.6 Å². The van der Waals surface area contributed by atoms with Crippen molar-refractivity contribution in [2.45, 2.75) is 58.5 Å². The third-order valence-electron chi connectivity index (χ3n) is 4.94. The van der Waals surface area contributed by atoms with Crippen LogP contribution in [0.1, 0.15) is 52.4 Å². The van der Waals surface area contributed by atoms with Gasteiger partial charge in [-0.3, -0.25) is 0 Å². The molecule has 0 spiro atoms. The maximum absolute atomic E-state index is 12.8. The third-order valence-corrected chi connectivity index (χ3v) is 4.94. The van der Waals surface area contributed by atoms with Gasteiger partial charge in [-0.25, -0.2) is 4.39 Å². The lowest BCUT2D eigenvalue weighted by molar-refractivity contribution is 0.0863. The Kier molecular flexibility index (Phi) is 10.9. The number of hydrogen-bond acceptors (Lipinski definition) is 3. The van der Waals surface area contributed by atoms with E-state index in [9.17, 15) is 4.39 Å². The third kappa shape index (κ3) is 9.52. The van der Waals surface area contributed by atoms with Crippen molar-refractivity contribution in [2.75, 3.05) is 32.8 Å². The zero-order chi connectivity index (χ0) is 20.0. The van der Waals surface area contributed by atoms with Gasteiger partial charge in [-0.15, -0.1) is 0 Å². The van der Waals surface area contributed by atoms with E-state index in [4.69, 9.17) is 9.47 Å². The second-order valence-corrected chi connectivity index (χ2v) is 7.43. The summed E-state index contributed by atoms with van der Waals surface area (Å²) in [6.45, 7) is 9.25. The molecule has 156 valence electrons. The molecule has 1 aromatic rings. The molecule has 0 aliphatic carbocycles. The van der Waals surface area contributed by atoms with Crippen molar-refractivity contribution in [3.63, 3.8) is 0 Å². The molecule has 0 bridgehead atoms. The van der Waals surface area contributed by atoms with Gasteiger partial charge in [0.2, 0.25) is 0 Å². The number of allylic oxidation sites excluding steroid dienone is 3. The Hall–Kier alpha value is -1.65. The van der Waals surface area contributed by atoms with E-state index in [2.05, 4.69) is 37.0 Å². The molecule has 4 heteroatoms. The van der Waals surface area contributed by atoms with Gasteiger partial charge in [-0.1, -0.05) is 30.7 Å². The summed E-state index contributed by atoms with van der Waals surface area (Å²) in [5.41, 5.74) is 1.41. The van der Waals surface area contributed by atoms with Gasteiger partial charge in [-0.2, -0.15) is 0 Å². The van der Waals surface area contributed by atoms with Gasteiger partial charge in [0.25, 0.3) is 0 Å². The molecular formula is C24H36FNO2. The van der Waals surface area contributed by atoms with Crippen molar-refractivity contribution in [1.82, 2.24) is 4.90 Å². The van der Waals surface area contributed by atoms with Gasteiger partial charge < -0.3 is 14.4 Å². The van der Waals surface area contributed by atoms with Crippen LogP contribution in [0.4, 0.5) is 4.39 Å². The van der Waals surface area contributed by atoms with Gasteiger partial charge in [0, 0.05) is 6.42 Å². The van der Waals surface area contributed by atoms with E-state index in [1.165, 1.54) is 56.6 Å². The normalized spacial score (nSPS) is 16.8. The minimum Gasteiger partial charge on any atom is -0.494 e. The fourth-order valence-electron chi connectivity index (χ4n) is 3.39. The van der Waals surface area contributed by atoms with Crippen LogP contribution in [0.3, 0.4) is 0 Å². The number of nitrogens with zero attached hydrogens (tertiary/aromatic N) is 1. The molecule has 1 aromatic carbocycles. The van der Waals surface area contributed by atoms with E-state index in [-0.39, 0.29) is 11.9 Å². The maximum Gasteiger partial charge on any atom is 0.123 e. The number of benzene rings is 1. The number of ether oxygens (including phenoxy) is 2. The molecule has 0 aromatic heterocycles. The summed E-state index contributed by atoms with van der Waals surface area (Å²) < 4.78 is 24.3. The summed E-state index contributed by atoms with van der Waals surface area (Å²) in [5.74, 6) is 0.446. The van der Waals surface area contributed by atoms with Crippen LogP contribution in [0.2, 0.25) is 0 Å². The standard InChI is InChI=1S/C24H36FNO2/c1-3-8-22(9-6-18-26-16-4-5-17-26)11-10-21(2)27-19-7-20-28-24-14-12-23(25)13-15-24/h8,10-15,21H,3-7,9,16-20H2,1-2H3/b11-10-,22-8-. The molecule has 1 aliphatic heterocycles. The first-order valence-electron chi connectivity index (χ1n) is 10.8. The van der Waals surface area contributed by atoms with Crippen LogP contribution in [0.5, 0.6) is 5.75 Å². The maximum atomic E-state index is 12.8. The molecule has 1 aliphatic rings. The molecule has 0 radical (unpaired) electrons. The highest BCUT2D eigenvalue weighted by Gasteiger charge is 2.10. The minimum absolute atomic E-state index is 0.0876. The minimum atomic E-state index is -0.246.